The van der Waals surface area contributed by atoms with Crippen LogP contribution < -0.4 is 5.73 Å². The molecule has 0 amide bonds. The third-order valence-corrected chi connectivity index (χ3v) is 2.31. The molecule has 0 aliphatic rings. The van der Waals surface area contributed by atoms with Gasteiger partial charge in [-0.15, -0.1) is 6.42 Å². The van der Waals surface area contributed by atoms with Crippen LogP contribution in [0.3, 0.4) is 0 Å². The number of hydrogen-bond donors (Lipinski definition) is 1. The van der Waals surface area contributed by atoms with Crippen molar-refractivity contribution in [3.63, 3.8) is 0 Å². The first-order valence-electron chi connectivity index (χ1n) is 3.32. The second-order valence-electron chi connectivity index (χ2n) is 2.31. The number of rotatable bonds is 1. The first-order valence-corrected chi connectivity index (χ1v) is 4.49. The van der Waals surface area contributed by atoms with Crippen LogP contribution in [0.1, 0.15) is 11.6 Å². The van der Waals surface area contributed by atoms with Gasteiger partial charge in [0.05, 0.1) is 6.04 Å². The fourth-order valence-corrected chi connectivity index (χ4v) is 1.46. The largest absolute Gasteiger partial charge is 0.314 e. The molecule has 0 spiro atoms. The lowest BCUT2D eigenvalue weighted by Gasteiger charge is -2.07. The lowest BCUT2D eigenvalue weighted by Crippen LogP contribution is -2.07. The summed E-state index contributed by atoms with van der Waals surface area (Å²) in [6.45, 7) is 0. The van der Waals surface area contributed by atoms with E-state index in [0.29, 0.717) is 5.02 Å². The number of terminal acetylenes is 1. The maximum Gasteiger partial charge on any atom is 0.0933 e. The van der Waals surface area contributed by atoms with Crippen molar-refractivity contribution < 1.29 is 0 Å². The molecule has 0 aliphatic carbocycles. The molecule has 1 unspecified atom stereocenters. The predicted octanol–water partition coefficient (Wildman–Crippen LogP) is 2.74. The molecule has 0 saturated heterocycles. The van der Waals surface area contributed by atoms with Crippen molar-refractivity contribution >= 4 is 27.5 Å². The minimum atomic E-state index is -0.435. The first-order chi connectivity index (χ1) is 5.65. The molecule has 0 saturated carbocycles. The second kappa shape index (κ2) is 3.95. The van der Waals surface area contributed by atoms with Crippen molar-refractivity contribution in [3.8, 4) is 12.3 Å². The van der Waals surface area contributed by atoms with E-state index >= 15 is 0 Å². The highest BCUT2D eigenvalue weighted by molar-refractivity contribution is 9.10. The van der Waals surface area contributed by atoms with Crippen molar-refractivity contribution in [2.75, 3.05) is 0 Å². The monoisotopic (exact) mass is 243 g/mol. The van der Waals surface area contributed by atoms with Crippen LogP contribution in [0.25, 0.3) is 0 Å². The van der Waals surface area contributed by atoms with Crippen molar-refractivity contribution in [1.29, 1.82) is 0 Å². The zero-order valence-corrected chi connectivity index (χ0v) is 8.56. The molecule has 0 aromatic heterocycles. The molecule has 1 aromatic carbocycles. The third kappa shape index (κ3) is 2.01. The molecular formula is C9H7BrClN. The number of nitrogens with two attached hydrogens (primary N) is 1. The number of benzene rings is 1. The normalized spacial score (nSPS) is 12.2. The van der Waals surface area contributed by atoms with Crippen molar-refractivity contribution in [2.45, 2.75) is 6.04 Å². The summed E-state index contributed by atoms with van der Waals surface area (Å²) in [5, 5.41) is 0.601. The highest BCUT2D eigenvalue weighted by Gasteiger charge is 2.06. The van der Waals surface area contributed by atoms with E-state index in [1.165, 1.54) is 0 Å². The van der Waals surface area contributed by atoms with Crippen molar-refractivity contribution in [2.24, 2.45) is 5.73 Å². The molecule has 0 bridgehead atoms. The Bertz CT molecular complexity index is 330. The molecule has 1 rings (SSSR count). The average molecular weight is 245 g/mol. The Kier molecular flexibility index (Phi) is 3.16. The molecule has 0 aliphatic heterocycles. The fraction of sp³-hybridized carbons (Fsp3) is 0.111. The summed E-state index contributed by atoms with van der Waals surface area (Å²) in [5.74, 6) is 2.42. The molecule has 0 fully saturated rings. The summed E-state index contributed by atoms with van der Waals surface area (Å²) < 4.78 is 0.924. The van der Waals surface area contributed by atoms with E-state index < -0.39 is 6.04 Å². The van der Waals surface area contributed by atoms with Crippen LogP contribution in [0.2, 0.25) is 5.02 Å². The summed E-state index contributed by atoms with van der Waals surface area (Å²) in [7, 11) is 0. The molecule has 1 nitrogen and oxygen atoms in total. The van der Waals surface area contributed by atoms with Crippen LogP contribution in [0.15, 0.2) is 22.7 Å². The summed E-state index contributed by atoms with van der Waals surface area (Å²) in [6.07, 6.45) is 5.17. The predicted molar refractivity (Wildman–Crippen MR) is 54.9 cm³/mol. The summed E-state index contributed by atoms with van der Waals surface area (Å²) in [6, 6.07) is 5.00. The van der Waals surface area contributed by atoms with Crippen LogP contribution in [0, 0.1) is 12.3 Å². The zero-order chi connectivity index (χ0) is 9.14. The van der Waals surface area contributed by atoms with Crippen LogP contribution >= 0.6 is 27.5 Å². The summed E-state index contributed by atoms with van der Waals surface area (Å²) in [4.78, 5) is 0. The molecule has 62 valence electrons. The van der Waals surface area contributed by atoms with Gasteiger partial charge in [-0.3, -0.25) is 0 Å². The van der Waals surface area contributed by atoms with Crippen molar-refractivity contribution in [1.82, 2.24) is 0 Å². The van der Waals surface area contributed by atoms with Gasteiger partial charge in [0, 0.05) is 15.1 Å². The van der Waals surface area contributed by atoms with Crippen LogP contribution in [-0.4, -0.2) is 0 Å². The Morgan fingerprint density at radius 1 is 1.58 bits per heavy atom. The Morgan fingerprint density at radius 3 is 2.83 bits per heavy atom. The minimum absolute atomic E-state index is 0.435. The smallest absolute Gasteiger partial charge is 0.0933 e. The highest BCUT2D eigenvalue weighted by Crippen LogP contribution is 2.24. The number of hydrogen-bond acceptors (Lipinski definition) is 1. The minimum Gasteiger partial charge on any atom is -0.314 e. The van der Waals surface area contributed by atoms with Crippen molar-refractivity contribution in [3.05, 3.63) is 33.3 Å². The first kappa shape index (κ1) is 9.60. The molecule has 1 atom stereocenters. The van der Waals surface area contributed by atoms with Gasteiger partial charge >= 0.3 is 0 Å². The van der Waals surface area contributed by atoms with Gasteiger partial charge in [0.1, 0.15) is 0 Å². The molecule has 12 heavy (non-hydrogen) atoms. The van der Waals surface area contributed by atoms with Gasteiger partial charge in [-0.1, -0.05) is 33.5 Å². The van der Waals surface area contributed by atoms with E-state index in [-0.39, 0.29) is 0 Å². The Hall–Kier alpha value is -0.490. The van der Waals surface area contributed by atoms with Crippen LogP contribution in [0.5, 0.6) is 0 Å². The van der Waals surface area contributed by atoms with Crippen LogP contribution in [0.4, 0.5) is 0 Å². The summed E-state index contributed by atoms with van der Waals surface area (Å²) in [5.41, 5.74) is 6.39. The van der Waals surface area contributed by atoms with Gasteiger partial charge < -0.3 is 5.73 Å². The SMILES string of the molecule is C#CC(N)c1cc(Br)ccc1Cl. The maximum absolute atomic E-state index is 5.87. The van der Waals surface area contributed by atoms with Gasteiger partial charge in [-0.25, -0.2) is 0 Å². The van der Waals surface area contributed by atoms with Gasteiger partial charge in [0.2, 0.25) is 0 Å². The van der Waals surface area contributed by atoms with Gasteiger partial charge in [0.25, 0.3) is 0 Å². The fourth-order valence-electron chi connectivity index (χ4n) is 0.843. The van der Waals surface area contributed by atoms with E-state index in [1.54, 1.807) is 6.07 Å². The molecular weight excluding hydrogens is 237 g/mol. The third-order valence-electron chi connectivity index (χ3n) is 1.47. The Balaban J connectivity index is 3.15. The van der Waals surface area contributed by atoms with E-state index in [0.717, 1.165) is 10.0 Å². The molecule has 3 heteroatoms. The number of halogens is 2. The van der Waals surface area contributed by atoms with Gasteiger partial charge in [-0.2, -0.15) is 0 Å². The molecule has 0 heterocycles. The van der Waals surface area contributed by atoms with E-state index in [2.05, 4.69) is 21.9 Å². The van der Waals surface area contributed by atoms with Crippen LogP contribution in [-0.2, 0) is 0 Å². The molecule has 1 aromatic rings. The lowest BCUT2D eigenvalue weighted by atomic mass is 10.1. The second-order valence-corrected chi connectivity index (χ2v) is 3.63. The maximum atomic E-state index is 5.87. The summed E-state index contributed by atoms with van der Waals surface area (Å²) >= 11 is 9.18. The molecule has 2 N–H and O–H groups in total. The Labute approximate surface area is 85.0 Å². The van der Waals surface area contributed by atoms with E-state index in [4.69, 9.17) is 23.8 Å². The highest BCUT2D eigenvalue weighted by atomic mass is 79.9. The average Bonchev–Trinajstić information content (AvgIpc) is 2.08. The van der Waals surface area contributed by atoms with E-state index in [9.17, 15) is 0 Å². The van der Waals surface area contributed by atoms with E-state index in [1.807, 2.05) is 12.1 Å². The Morgan fingerprint density at radius 2 is 2.25 bits per heavy atom. The van der Waals surface area contributed by atoms with Gasteiger partial charge in [0.15, 0.2) is 0 Å². The topological polar surface area (TPSA) is 26.0 Å². The van der Waals surface area contributed by atoms with Gasteiger partial charge in [-0.05, 0) is 18.2 Å². The quantitative estimate of drug-likeness (QED) is 0.755. The standard InChI is InChI=1S/C9H7BrClN/c1-2-9(12)7-5-6(10)3-4-8(7)11/h1,3-5,9H,12H2. The lowest BCUT2D eigenvalue weighted by molar-refractivity contribution is 0.945. The zero-order valence-electron chi connectivity index (χ0n) is 6.22. The molecule has 0 radical (unpaired) electrons.